The van der Waals surface area contributed by atoms with E-state index in [4.69, 9.17) is 27.2 Å². The molecule has 0 aliphatic heterocycles. The summed E-state index contributed by atoms with van der Waals surface area (Å²) in [5.41, 5.74) is 4.79. The monoisotopic (exact) mass is 321 g/mol. The summed E-state index contributed by atoms with van der Waals surface area (Å²) in [7, 11) is -3.88. The van der Waals surface area contributed by atoms with Gasteiger partial charge in [0, 0.05) is 0 Å². The summed E-state index contributed by atoms with van der Waals surface area (Å²) in [5, 5.41) is 6.73. The van der Waals surface area contributed by atoms with Crippen molar-refractivity contribution >= 4 is 33.6 Å². The molecule has 1 rings (SSSR count). The lowest BCUT2D eigenvalue weighted by atomic mass is 10.3. The number of imide groups is 1. The number of carbonyl (C=O) groups excluding carboxylic acids is 2. The van der Waals surface area contributed by atoms with Gasteiger partial charge in [0.25, 0.3) is 5.91 Å². The highest BCUT2D eigenvalue weighted by molar-refractivity contribution is 7.89. The van der Waals surface area contributed by atoms with E-state index in [0.29, 0.717) is 0 Å². The van der Waals surface area contributed by atoms with E-state index in [1.807, 2.05) is 5.32 Å². The molecule has 20 heavy (non-hydrogen) atoms. The van der Waals surface area contributed by atoms with Gasteiger partial charge >= 0.3 is 6.03 Å². The highest BCUT2D eigenvalue weighted by Gasteiger charge is 2.18. The smallest absolute Gasteiger partial charge is 0.318 e. The van der Waals surface area contributed by atoms with E-state index in [1.165, 1.54) is 19.1 Å². The number of nitrogens with one attached hydrogen (secondary N) is 1. The minimum absolute atomic E-state index is 0.0461. The molecule has 0 aliphatic rings. The number of amides is 3. The van der Waals surface area contributed by atoms with Gasteiger partial charge in [0.05, 0.1) is 9.92 Å². The molecule has 0 bridgehead atoms. The van der Waals surface area contributed by atoms with Crippen LogP contribution in [0.3, 0.4) is 0 Å². The molecule has 3 amide bonds. The fourth-order valence-electron chi connectivity index (χ4n) is 1.22. The maximum absolute atomic E-state index is 11.4. The molecule has 0 saturated heterocycles. The second kappa shape index (κ2) is 6.07. The number of hydrogen-bond acceptors (Lipinski definition) is 5. The zero-order valence-corrected chi connectivity index (χ0v) is 11.9. The Morgan fingerprint density at radius 2 is 2.00 bits per heavy atom. The van der Waals surface area contributed by atoms with Crippen LogP contribution in [0.1, 0.15) is 6.92 Å². The summed E-state index contributed by atoms with van der Waals surface area (Å²) in [6.45, 7) is 1.36. The molecule has 1 aromatic rings. The van der Waals surface area contributed by atoms with Crippen LogP contribution >= 0.6 is 11.6 Å². The van der Waals surface area contributed by atoms with Crippen molar-refractivity contribution < 1.29 is 22.7 Å². The lowest BCUT2D eigenvalue weighted by Gasteiger charge is -2.14. The number of primary sulfonamides is 1. The first-order valence-electron chi connectivity index (χ1n) is 5.20. The van der Waals surface area contributed by atoms with Gasteiger partial charge in [0.2, 0.25) is 10.0 Å². The second-order valence-corrected chi connectivity index (χ2v) is 5.72. The van der Waals surface area contributed by atoms with Gasteiger partial charge in [-0.2, -0.15) is 0 Å². The normalized spacial score (nSPS) is 12.6. The number of sulfonamides is 1. The lowest BCUT2D eigenvalue weighted by molar-refractivity contribution is -0.126. The molecule has 1 unspecified atom stereocenters. The number of rotatable bonds is 4. The molecule has 0 fully saturated rings. The molecule has 0 aliphatic carbocycles. The number of primary amides is 1. The second-order valence-electron chi connectivity index (χ2n) is 3.75. The van der Waals surface area contributed by atoms with Crippen LogP contribution in [0.25, 0.3) is 0 Å². The molecule has 0 saturated carbocycles. The van der Waals surface area contributed by atoms with Gasteiger partial charge in [0.1, 0.15) is 5.75 Å². The summed E-state index contributed by atoms with van der Waals surface area (Å²) in [6.07, 6.45) is -1.06. The van der Waals surface area contributed by atoms with Gasteiger partial charge in [-0.1, -0.05) is 11.6 Å². The first-order valence-corrected chi connectivity index (χ1v) is 7.13. The van der Waals surface area contributed by atoms with Gasteiger partial charge in [-0.3, -0.25) is 10.1 Å². The Labute approximate surface area is 120 Å². The number of carbonyl (C=O) groups is 2. The summed E-state index contributed by atoms with van der Waals surface area (Å²) in [5.74, 6) is -0.699. The van der Waals surface area contributed by atoms with Crippen LogP contribution in [-0.2, 0) is 14.8 Å². The van der Waals surface area contributed by atoms with Crippen LogP contribution in [0, 0.1) is 0 Å². The number of benzene rings is 1. The van der Waals surface area contributed by atoms with E-state index < -0.39 is 28.1 Å². The van der Waals surface area contributed by atoms with Crippen molar-refractivity contribution in [2.24, 2.45) is 10.9 Å². The third kappa shape index (κ3) is 4.37. The van der Waals surface area contributed by atoms with Gasteiger partial charge in [-0.05, 0) is 25.1 Å². The van der Waals surface area contributed by atoms with E-state index in [9.17, 15) is 18.0 Å². The van der Waals surface area contributed by atoms with E-state index >= 15 is 0 Å². The van der Waals surface area contributed by atoms with Gasteiger partial charge in [-0.15, -0.1) is 0 Å². The lowest BCUT2D eigenvalue weighted by Crippen LogP contribution is -2.42. The molecule has 1 aromatic carbocycles. The van der Waals surface area contributed by atoms with Crippen molar-refractivity contribution in [1.82, 2.24) is 5.32 Å². The van der Waals surface area contributed by atoms with Crippen molar-refractivity contribution in [1.29, 1.82) is 0 Å². The van der Waals surface area contributed by atoms with Crippen molar-refractivity contribution in [2.75, 3.05) is 0 Å². The predicted octanol–water partition coefficient (Wildman–Crippen LogP) is -0.0504. The average molecular weight is 322 g/mol. The zero-order chi connectivity index (χ0) is 15.5. The Balaban J connectivity index is 2.89. The van der Waals surface area contributed by atoms with Crippen LogP contribution in [0.4, 0.5) is 4.79 Å². The fraction of sp³-hybridized carbons (Fsp3) is 0.200. The SMILES string of the molecule is CC(Oc1ccc(S(N)(=O)=O)cc1Cl)C(=O)NC(N)=O. The molecule has 0 heterocycles. The van der Waals surface area contributed by atoms with Crippen molar-refractivity contribution in [3.8, 4) is 5.75 Å². The Kier molecular flexibility index (Phi) is 4.93. The van der Waals surface area contributed by atoms with Gasteiger partial charge < -0.3 is 10.5 Å². The third-order valence-electron chi connectivity index (χ3n) is 2.15. The molecular formula is C10H12ClN3O5S. The molecule has 0 aromatic heterocycles. The Hall–Kier alpha value is -1.84. The van der Waals surface area contributed by atoms with Crippen LogP contribution in [0.2, 0.25) is 5.02 Å². The Morgan fingerprint density at radius 1 is 1.40 bits per heavy atom. The van der Waals surface area contributed by atoms with Gasteiger partial charge in [-0.25, -0.2) is 18.4 Å². The molecule has 8 nitrogen and oxygen atoms in total. The fourth-order valence-corrected chi connectivity index (χ4v) is 2.05. The van der Waals surface area contributed by atoms with Crippen molar-refractivity contribution in [3.63, 3.8) is 0 Å². The van der Waals surface area contributed by atoms with Crippen molar-refractivity contribution in [2.45, 2.75) is 17.9 Å². The minimum Gasteiger partial charge on any atom is -0.479 e. The quantitative estimate of drug-likeness (QED) is 0.712. The maximum atomic E-state index is 11.4. The Morgan fingerprint density at radius 3 is 2.45 bits per heavy atom. The summed E-state index contributed by atoms with van der Waals surface area (Å²) >= 11 is 5.82. The Bertz CT molecular complexity index is 646. The van der Waals surface area contributed by atoms with E-state index in [2.05, 4.69) is 0 Å². The third-order valence-corrected chi connectivity index (χ3v) is 3.36. The maximum Gasteiger partial charge on any atom is 0.318 e. The van der Waals surface area contributed by atoms with Crippen LogP contribution in [0.5, 0.6) is 5.75 Å². The van der Waals surface area contributed by atoms with Crippen LogP contribution < -0.4 is 20.9 Å². The minimum atomic E-state index is -3.88. The number of halogens is 1. The topological polar surface area (TPSA) is 142 Å². The molecule has 0 spiro atoms. The molecule has 5 N–H and O–H groups in total. The number of ether oxygens (including phenoxy) is 1. The molecule has 0 radical (unpaired) electrons. The molecular weight excluding hydrogens is 310 g/mol. The molecule has 110 valence electrons. The average Bonchev–Trinajstić information content (AvgIpc) is 2.29. The van der Waals surface area contributed by atoms with Gasteiger partial charge in [0.15, 0.2) is 6.10 Å². The predicted molar refractivity (Wildman–Crippen MR) is 70.6 cm³/mol. The molecule has 10 heteroatoms. The standard InChI is InChI=1S/C10H12ClN3O5S/c1-5(9(15)14-10(12)16)19-8-3-2-6(4-7(8)11)20(13,17)18/h2-5H,1H3,(H2,13,17,18)(H3,12,14,15,16). The van der Waals surface area contributed by atoms with E-state index in [-0.39, 0.29) is 15.7 Å². The number of urea groups is 1. The highest BCUT2D eigenvalue weighted by atomic mass is 35.5. The first-order chi connectivity index (χ1) is 9.11. The van der Waals surface area contributed by atoms with Crippen LogP contribution in [-0.4, -0.2) is 26.5 Å². The summed E-state index contributed by atoms with van der Waals surface area (Å²) in [6, 6.07) is 2.50. The zero-order valence-electron chi connectivity index (χ0n) is 10.3. The van der Waals surface area contributed by atoms with E-state index in [1.54, 1.807) is 0 Å². The number of hydrogen-bond donors (Lipinski definition) is 3. The number of nitrogens with two attached hydrogens (primary N) is 2. The van der Waals surface area contributed by atoms with E-state index in [0.717, 1.165) is 6.07 Å². The largest absolute Gasteiger partial charge is 0.479 e. The highest BCUT2D eigenvalue weighted by Crippen LogP contribution is 2.27. The first kappa shape index (κ1) is 16.2. The summed E-state index contributed by atoms with van der Waals surface area (Å²) in [4.78, 5) is 21.7. The van der Waals surface area contributed by atoms with Crippen molar-refractivity contribution in [3.05, 3.63) is 23.2 Å². The summed E-state index contributed by atoms with van der Waals surface area (Å²) < 4.78 is 27.4. The van der Waals surface area contributed by atoms with Crippen LogP contribution in [0.15, 0.2) is 23.1 Å². The molecule has 1 atom stereocenters.